The van der Waals surface area contributed by atoms with E-state index in [9.17, 15) is 4.79 Å². The predicted molar refractivity (Wildman–Crippen MR) is 108 cm³/mol. The first kappa shape index (κ1) is 19.7. The van der Waals surface area contributed by atoms with Gasteiger partial charge in [0.25, 0.3) is 5.91 Å². The molecule has 0 aromatic heterocycles. The first-order valence-corrected chi connectivity index (χ1v) is 9.71. The lowest BCUT2D eigenvalue weighted by atomic mass is 10.0. The Bertz CT molecular complexity index is 663. The molecule has 0 aliphatic heterocycles. The van der Waals surface area contributed by atoms with E-state index in [0.717, 1.165) is 24.0 Å². The van der Waals surface area contributed by atoms with Gasteiger partial charge in [0.15, 0.2) is 0 Å². The summed E-state index contributed by atoms with van der Waals surface area (Å²) in [6, 6.07) is 16.6. The molecular weight excluding hydrogens is 376 g/mol. The van der Waals surface area contributed by atoms with Crippen LogP contribution in [-0.4, -0.2) is 30.4 Å². The van der Waals surface area contributed by atoms with Gasteiger partial charge in [-0.25, -0.2) is 0 Å². The van der Waals surface area contributed by atoms with Gasteiger partial charge in [-0.2, -0.15) is 0 Å². The second-order valence-corrected chi connectivity index (χ2v) is 7.07. The van der Waals surface area contributed by atoms with Crippen molar-refractivity contribution in [3.63, 3.8) is 0 Å². The van der Waals surface area contributed by atoms with E-state index in [0.29, 0.717) is 18.2 Å². The van der Waals surface area contributed by atoms with E-state index >= 15 is 0 Å². The molecule has 0 saturated carbocycles. The largest absolute Gasteiger partial charge is 0.352 e. The summed E-state index contributed by atoms with van der Waals surface area (Å²) in [4.78, 5) is 14.5. The van der Waals surface area contributed by atoms with Gasteiger partial charge in [-0.1, -0.05) is 54.0 Å². The third-order valence-electron chi connectivity index (χ3n) is 4.63. The number of hydrogen-bond acceptors (Lipinski definition) is 2. The number of amides is 1. The van der Waals surface area contributed by atoms with Gasteiger partial charge in [-0.05, 0) is 61.8 Å². The molecule has 0 aliphatic rings. The van der Waals surface area contributed by atoms with Crippen LogP contribution in [0.4, 0.5) is 0 Å². The van der Waals surface area contributed by atoms with Crippen molar-refractivity contribution in [2.75, 3.05) is 19.6 Å². The van der Waals surface area contributed by atoms with Crippen molar-refractivity contribution in [3.8, 4) is 0 Å². The molecule has 134 valence electrons. The lowest BCUT2D eigenvalue weighted by Crippen LogP contribution is -2.26. The van der Waals surface area contributed by atoms with E-state index in [2.05, 4.69) is 71.2 Å². The SMILES string of the molecule is CCN(CC)C(C)c1ccc(CCNC(=O)c2ccc(Br)cc2)cc1. The lowest BCUT2D eigenvalue weighted by molar-refractivity contribution is 0.0954. The molecule has 0 saturated heterocycles. The number of benzene rings is 2. The molecule has 0 aliphatic carbocycles. The maximum atomic E-state index is 12.1. The summed E-state index contributed by atoms with van der Waals surface area (Å²) >= 11 is 3.38. The van der Waals surface area contributed by atoms with Crippen molar-refractivity contribution in [3.05, 3.63) is 69.7 Å². The number of carbonyl (C=O) groups excluding carboxylic acids is 1. The Balaban J connectivity index is 1.85. The third kappa shape index (κ3) is 5.68. The van der Waals surface area contributed by atoms with Gasteiger partial charge in [0.2, 0.25) is 0 Å². The summed E-state index contributed by atoms with van der Waals surface area (Å²) in [7, 11) is 0. The van der Waals surface area contributed by atoms with Crippen LogP contribution in [0.25, 0.3) is 0 Å². The molecule has 4 heteroatoms. The molecular formula is C21H27BrN2O. The van der Waals surface area contributed by atoms with Crippen molar-refractivity contribution < 1.29 is 4.79 Å². The molecule has 25 heavy (non-hydrogen) atoms. The minimum Gasteiger partial charge on any atom is -0.352 e. The Hall–Kier alpha value is -1.65. The van der Waals surface area contributed by atoms with Crippen LogP contribution >= 0.6 is 15.9 Å². The monoisotopic (exact) mass is 402 g/mol. The fourth-order valence-electron chi connectivity index (χ4n) is 2.97. The molecule has 2 rings (SSSR count). The Kier molecular flexibility index (Phi) is 7.66. The highest BCUT2D eigenvalue weighted by molar-refractivity contribution is 9.10. The summed E-state index contributed by atoms with van der Waals surface area (Å²) in [5.41, 5.74) is 3.27. The van der Waals surface area contributed by atoms with E-state index in [-0.39, 0.29) is 5.91 Å². The third-order valence-corrected chi connectivity index (χ3v) is 5.16. The zero-order chi connectivity index (χ0) is 18.2. The molecule has 1 amide bonds. The molecule has 1 atom stereocenters. The van der Waals surface area contributed by atoms with Gasteiger partial charge in [-0.15, -0.1) is 0 Å². The smallest absolute Gasteiger partial charge is 0.251 e. The minimum atomic E-state index is -0.0284. The van der Waals surface area contributed by atoms with Crippen molar-refractivity contribution >= 4 is 21.8 Å². The zero-order valence-electron chi connectivity index (χ0n) is 15.3. The van der Waals surface area contributed by atoms with E-state index in [1.54, 1.807) is 0 Å². The number of carbonyl (C=O) groups is 1. The average molecular weight is 403 g/mol. The fourth-order valence-corrected chi connectivity index (χ4v) is 3.23. The summed E-state index contributed by atoms with van der Waals surface area (Å²) in [5, 5.41) is 2.98. The number of hydrogen-bond donors (Lipinski definition) is 1. The zero-order valence-corrected chi connectivity index (χ0v) is 16.8. The second kappa shape index (κ2) is 9.73. The maximum Gasteiger partial charge on any atom is 0.251 e. The van der Waals surface area contributed by atoms with Crippen LogP contribution in [0.1, 0.15) is 48.3 Å². The molecule has 0 heterocycles. The summed E-state index contributed by atoms with van der Waals surface area (Å²) < 4.78 is 0.975. The highest BCUT2D eigenvalue weighted by atomic mass is 79.9. The van der Waals surface area contributed by atoms with Crippen LogP contribution < -0.4 is 5.32 Å². The number of rotatable bonds is 8. The first-order chi connectivity index (χ1) is 12.0. The topological polar surface area (TPSA) is 32.3 Å². The normalized spacial score (nSPS) is 12.2. The molecule has 2 aromatic carbocycles. The van der Waals surface area contributed by atoms with Gasteiger partial charge >= 0.3 is 0 Å². The molecule has 1 N–H and O–H groups in total. The summed E-state index contributed by atoms with van der Waals surface area (Å²) in [5.74, 6) is -0.0284. The predicted octanol–water partition coefficient (Wildman–Crippen LogP) is 4.82. The van der Waals surface area contributed by atoms with Crippen LogP contribution in [0, 0.1) is 0 Å². The fraction of sp³-hybridized carbons (Fsp3) is 0.381. The number of nitrogens with zero attached hydrogens (tertiary/aromatic N) is 1. The molecule has 1 unspecified atom stereocenters. The standard InChI is InChI=1S/C21H27BrN2O/c1-4-24(5-2)16(3)18-8-6-17(7-9-18)14-15-23-21(25)19-10-12-20(22)13-11-19/h6-13,16H,4-5,14-15H2,1-3H3,(H,23,25). The highest BCUT2D eigenvalue weighted by Crippen LogP contribution is 2.20. The van der Waals surface area contributed by atoms with E-state index in [4.69, 9.17) is 0 Å². The quantitative estimate of drug-likeness (QED) is 0.685. The number of halogens is 1. The van der Waals surface area contributed by atoms with Crippen molar-refractivity contribution in [2.24, 2.45) is 0 Å². The summed E-state index contributed by atoms with van der Waals surface area (Å²) in [6.45, 7) is 9.40. The van der Waals surface area contributed by atoms with Crippen molar-refractivity contribution in [1.29, 1.82) is 0 Å². The van der Waals surface area contributed by atoms with Crippen LogP contribution in [-0.2, 0) is 6.42 Å². The maximum absolute atomic E-state index is 12.1. The Morgan fingerprint density at radius 1 is 1.04 bits per heavy atom. The van der Waals surface area contributed by atoms with Crippen LogP contribution in [0.3, 0.4) is 0 Å². The van der Waals surface area contributed by atoms with Crippen LogP contribution in [0.15, 0.2) is 53.0 Å². The second-order valence-electron chi connectivity index (χ2n) is 6.15. The first-order valence-electron chi connectivity index (χ1n) is 8.91. The van der Waals surface area contributed by atoms with E-state index < -0.39 is 0 Å². The number of nitrogens with one attached hydrogen (secondary N) is 1. The van der Waals surface area contributed by atoms with Crippen molar-refractivity contribution in [1.82, 2.24) is 10.2 Å². The molecule has 0 fully saturated rings. The van der Waals surface area contributed by atoms with Gasteiger partial charge in [0.05, 0.1) is 0 Å². The Morgan fingerprint density at radius 2 is 1.64 bits per heavy atom. The lowest BCUT2D eigenvalue weighted by Gasteiger charge is -2.26. The van der Waals surface area contributed by atoms with E-state index in [1.807, 2.05) is 24.3 Å². The van der Waals surface area contributed by atoms with Gasteiger partial charge in [0.1, 0.15) is 0 Å². The van der Waals surface area contributed by atoms with Crippen molar-refractivity contribution in [2.45, 2.75) is 33.2 Å². The summed E-state index contributed by atoms with van der Waals surface area (Å²) in [6.07, 6.45) is 0.836. The average Bonchev–Trinajstić information content (AvgIpc) is 2.63. The Labute approximate surface area is 159 Å². The van der Waals surface area contributed by atoms with Crippen LogP contribution in [0.2, 0.25) is 0 Å². The minimum absolute atomic E-state index is 0.0284. The Morgan fingerprint density at radius 3 is 2.20 bits per heavy atom. The molecule has 0 bridgehead atoms. The molecule has 0 spiro atoms. The van der Waals surface area contributed by atoms with Gasteiger partial charge in [0, 0.05) is 22.6 Å². The van der Waals surface area contributed by atoms with Gasteiger partial charge < -0.3 is 5.32 Å². The highest BCUT2D eigenvalue weighted by Gasteiger charge is 2.12. The molecule has 2 aromatic rings. The molecule has 0 radical (unpaired) electrons. The van der Waals surface area contributed by atoms with E-state index in [1.165, 1.54) is 11.1 Å². The van der Waals surface area contributed by atoms with Gasteiger partial charge in [-0.3, -0.25) is 9.69 Å². The molecule has 3 nitrogen and oxygen atoms in total. The van der Waals surface area contributed by atoms with Crippen LogP contribution in [0.5, 0.6) is 0 Å².